The van der Waals surface area contributed by atoms with Crippen molar-refractivity contribution < 1.29 is 18.9 Å². The van der Waals surface area contributed by atoms with Crippen molar-refractivity contribution in [2.24, 2.45) is 0 Å². The largest absolute Gasteiger partial charge is 0.493 e. The summed E-state index contributed by atoms with van der Waals surface area (Å²) in [5.41, 5.74) is 0. The van der Waals surface area contributed by atoms with Gasteiger partial charge in [0.15, 0.2) is 11.5 Å². The van der Waals surface area contributed by atoms with Gasteiger partial charge in [-0.1, -0.05) is 6.07 Å². The zero-order chi connectivity index (χ0) is 14.5. The highest BCUT2D eigenvalue weighted by atomic mass is 79.9. The molecule has 0 atom stereocenters. The van der Waals surface area contributed by atoms with Crippen LogP contribution in [0.1, 0.15) is 0 Å². The first-order valence-corrected chi connectivity index (χ1v) is 6.44. The van der Waals surface area contributed by atoms with Gasteiger partial charge in [-0.05, 0) is 28.1 Å². The van der Waals surface area contributed by atoms with E-state index in [2.05, 4.69) is 25.9 Å². The predicted molar refractivity (Wildman–Crippen MR) is 75.9 cm³/mol. The van der Waals surface area contributed by atoms with Crippen molar-refractivity contribution in [2.75, 3.05) is 21.3 Å². The summed E-state index contributed by atoms with van der Waals surface area (Å²) >= 11 is 3.28. The summed E-state index contributed by atoms with van der Waals surface area (Å²) < 4.78 is 21.9. The maximum Gasteiger partial charge on any atom is 0.325 e. The summed E-state index contributed by atoms with van der Waals surface area (Å²) in [5, 5.41) is 0. The molecule has 0 bridgehead atoms. The van der Waals surface area contributed by atoms with Gasteiger partial charge in [-0.3, -0.25) is 0 Å². The van der Waals surface area contributed by atoms with Gasteiger partial charge >= 0.3 is 6.01 Å². The van der Waals surface area contributed by atoms with Crippen molar-refractivity contribution in [2.45, 2.75) is 0 Å². The van der Waals surface area contributed by atoms with Crippen LogP contribution in [0.15, 0.2) is 28.9 Å². The Hall–Kier alpha value is -2.02. The number of aromatic nitrogens is 2. The molecule has 0 unspecified atom stereocenters. The van der Waals surface area contributed by atoms with Crippen molar-refractivity contribution in [3.8, 4) is 29.1 Å². The Kier molecular flexibility index (Phi) is 4.62. The van der Waals surface area contributed by atoms with Crippen molar-refractivity contribution >= 4 is 15.9 Å². The summed E-state index contributed by atoms with van der Waals surface area (Å²) in [5.74, 6) is 1.83. The van der Waals surface area contributed by atoms with Gasteiger partial charge < -0.3 is 18.9 Å². The van der Waals surface area contributed by atoms with E-state index in [1.807, 2.05) is 0 Å². The fourth-order valence-corrected chi connectivity index (χ4v) is 1.89. The average Bonchev–Trinajstić information content (AvgIpc) is 2.49. The number of ether oxygens (including phenoxy) is 4. The molecule has 0 aliphatic heterocycles. The van der Waals surface area contributed by atoms with E-state index in [9.17, 15) is 0 Å². The topological polar surface area (TPSA) is 62.7 Å². The number of methoxy groups -OCH3 is 3. The molecular formula is C13H13BrN2O4. The molecule has 1 aromatic carbocycles. The molecule has 106 valence electrons. The maximum atomic E-state index is 5.65. The standard InChI is InChI=1S/C13H13BrN2O4/c1-17-9-5-4-6-10(18-2)11(9)20-13-15-7-8(14)12(16-13)19-3/h4-7H,1-3H3. The van der Waals surface area contributed by atoms with Gasteiger partial charge in [-0.15, -0.1) is 0 Å². The third kappa shape index (κ3) is 2.93. The molecule has 0 radical (unpaired) electrons. The molecule has 0 amide bonds. The summed E-state index contributed by atoms with van der Waals surface area (Å²) in [4.78, 5) is 8.18. The molecule has 0 N–H and O–H groups in total. The van der Waals surface area contributed by atoms with Gasteiger partial charge in [0.05, 0.1) is 32.0 Å². The van der Waals surface area contributed by atoms with E-state index in [-0.39, 0.29) is 6.01 Å². The van der Waals surface area contributed by atoms with E-state index in [0.29, 0.717) is 27.6 Å². The number of nitrogens with zero attached hydrogens (tertiary/aromatic N) is 2. The minimum atomic E-state index is 0.132. The minimum absolute atomic E-state index is 0.132. The van der Waals surface area contributed by atoms with Crippen molar-refractivity contribution in [1.29, 1.82) is 0 Å². The lowest BCUT2D eigenvalue weighted by Gasteiger charge is -2.13. The highest BCUT2D eigenvalue weighted by molar-refractivity contribution is 9.10. The van der Waals surface area contributed by atoms with Gasteiger partial charge in [-0.2, -0.15) is 4.98 Å². The Morgan fingerprint density at radius 1 is 1.00 bits per heavy atom. The number of hydrogen-bond acceptors (Lipinski definition) is 6. The van der Waals surface area contributed by atoms with Crippen LogP contribution in [0.25, 0.3) is 0 Å². The summed E-state index contributed by atoms with van der Waals surface area (Å²) in [6, 6.07) is 5.45. The van der Waals surface area contributed by atoms with E-state index in [1.54, 1.807) is 38.6 Å². The smallest absolute Gasteiger partial charge is 0.325 e. The van der Waals surface area contributed by atoms with Crippen molar-refractivity contribution in [3.63, 3.8) is 0 Å². The molecule has 0 fully saturated rings. The van der Waals surface area contributed by atoms with Gasteiger partial charge in [0.25, 0.3) is 0 Å². The zero-order valence-corrected chi connectivity index (χ0v) is 12.8. The molecule has 1 heterocycles. The second kappa shape index (κ2) is 6.42. The van der Waals surface area contributed by atoms with Crippen molar-refractivity contribution in [3.05, 3.63) is 28.9 Å². The number of hydrogen-bond donors (Lipinski definition) is 0. The Bertz CT molecular complexity index is 585. The van der Waals surface area contributed by atoms with Crippen LogP contribution in [0.5, 0.6) is 29.1 Å². The second-order valence-corrected chi connectivity index (χ2v) is 4.46. The first-order valence-electron chi connectivity index (χ1n) is 5.65. The molecule has 7 heteroatoms. The highest BCUT2D eigenvalue weighted by Gasteiger charge is 2.15. The third-order valence-corrected chi connectivity index (χ3v) is 3.00. The number of rotatable bonds is 5. The molecule has 0 saturated carbocycles. The Morgan fingerprint density at radius 3 is 2.20 bits per heavy atom. The molecule has 0 saturated heterocycles. The number of para-hydroxylation sites is 1. The number of halogens is 1. The fraction of sp³-hybridized carbons (Fsp3) is 0.231. The van der Waals surface area contributed by atoms with Crippen LogP contribution in [-0.2, 0) is 0 Å². The molecule has 0 aliphatic carbocycles. The number of benzene rings is 1. The van der Waals surface area contributed by atoms with Crippen LogP contribution < -0.4 is 18.9 Å². The SMILES string of the molecule is COc1cccc(OC)c1Oc1ncc(Br)c(OC)n1. The molecular weight excluding hydrogens is 328 g/mol. The Labute approximate surface area is 124 Å². The molecule has 0 aliphatic rings. The van der Waals surface area contributed by atoms with E-state index in [0.717, 1.165) is 0 Å². The minimum Gasteiger partial charge on any atom is -0.493 e. The first kappa shape index (κ1) is 14.4. The van der Waals surface area contributed by atoms with Crippen LogP contribution in [0.2, 0.25) is 0 Å². The monoisotopic (exact) mass is 340 g/mol. The van der Waals surface area contributed by atoms with Crippen LogP contribution in [-0.4, -0.2) is 31.3 Å². The van der Waals surface area contributed by atoms with Crippen molar-refractivity contribution in [1.82, 2.24) is 9.97 Å². The fourth-order valence-electron chi connectivity index (χ4n) is 1.54. The summed E-state index contributed by atoms with van der Waals surface area (Å²) in [6.45, 7) is 0. The van der Waals surface area contributed by atoms with Gasteiger partial charge in [0, 0.05) is 0 Å². The Balaban J connectivity index is 2.39. The van der Waals surface area contributed by atoms with Gasteiger partial charge in [0.1, 0.15) is 0 Å². The summed E-state index contributed by atoms with van der Waals surface area (Å²) in [6.07, 6.45) is 1.54. The van der Waals surface area contributed by atoms with E-state index < -0.39 is 0 Å². The summed E-state index contributed by atoms with van der Waals surface area (Å²) in [7, 11) is 4.61. The molecule has 20 heavy (non-hydrogen) atoms. The van der Waals surface area contributed by atoms with Gasteiger partial charge in [-0.25, -0.2) is 4.98 Å². The molecule has 2 rings (SSSR count). The van der Waals surface area contributed by atoms with Crippen LogP contribution in [0, 0.1) is 0 Å². The van der Waals surface area contributed by atoms with E-state index >= 15 is 0 Å². The maximum absolute atomic E-state index is 5.65. The first-order chi connectivity index (χ1) is 9.69. The molecule has 2 aromatic rings. The lowest BCUT2D eigenvalue weighted by atomic mass is 10.3. The zero-order valence-electron chi connectivity index (χ0n) is 11.2. The van der Waals surface area contributed by atoms with Crippen LogP contribution in [0.3, 0.4) is 0 Å². The molecule has 6 nitrogen and oxygen atoms in total. The predicted octanol–water partition coefficient (Wildman–Crippen LogP) is 3.06. The average molecular weight is 341 g/mol. The van der Waals surface area contributed by atoms with E-state index in [4.69, 9.17) is 18.9 Å². The third-order valence-electron chi connectivity index (χ3n) is 2.46. The normalized spacial score (nSPS) is 10.0. The second-order valence-electron chi connectivity index (χ2n) is 3.60. The lowest BCUT2D eigenvalue weighted by Crippen LogP contribution is -1.99. The van der Waals surface area contributed by atoms with Crippen LogP contribution >= 0.6 is 15.9 Å². The highest BCUT2D eigenvalue weighted by Crippen LogP contribution is 2.39. The molecule has 0 spiro atoms. The lowest BCUT2D eigenvalue weighted by molar-refractivity contribution is 0.329. The quantitative estimate of drug-likeness (QED) is 0.833. The molecule has 1 aromatic heterocycles. The Morgan fingerprint density at radius 2 is 1.65 bits per heavy atom. The van der Waals surface area contributed by atoms with Crippen LogP contribution in [0.4, 0.5) is 0 Å². The van der Waals surface area contributed by atoms with E-state index in [1.165, 1.54) is 7.11 Å². The van der Waals surface area contributed by atoms with Gasteiger partial charge in [0.2, 0.25) is 11.6 Å².